The highest BCUT2D eigenvalue weighted by atomic mass is 16.7. The van der Waals surface area contributed by atoms with Crippen molar-refractivity contribution in [3.05, 3.63) is 12.2 Å². The maximum Gasteiger partial charge on any atom is 0.508 e. The number of carbonyl (C=O) groups is 1. The minimum absolute atomic E-state index is 0.0724. The van der Waals surface area contributed by atoms with Crippen molar-refractivity contribution in [3.63, 3.8) is 0 Å². The van der Waals surface area contributed by atoms with Gasteiger partial charge in [-0.3, -0.25) is 0 Å². The minimum atomic E-state index is -0.577. The lowest BCUT2D eigenvalue weighted by Gasteiger charge is -2.34. The van der Waals surface area contributed by atoms with Crippen molar-refractivity contribution in [3.8, 4) is 0 Å². The van der Waals surface area contributed by atoms with E-state index >= 15 is 0 Å². The van der Waals surface area contributed by atoms with E-state index in [0.717, 1.165) is 12.8 Å². The Labute approximate surface area is 156 Å². The first-order chi connectivity index (χ1) is 10.9. The van der Waals surface area contributed by atoms with E-state index in [0.29, 0.717) is 17.9 Å². The van der Waals surface area contributed by atoms with Crippen LogP contribution in [-0.4, -0.2) is 18.4 Å². The predicted molar refractivity (Wildman–Crippen MR) is 107 cm³/mol. The van der Waals surface area contributed by atoms with Crippen molar-refractivity contribution in [2.75, 3.05) is 6.61 Å². The van der Waals surface area contributed by atoms with Crippen molar-refractivity contribution >= 4 is 6.16 Å². The van der Waals surface area contributed by atoms with Gasteiger partial charge in [0.05, 0.1) is 6.61 Å². The molecule has 0 aliphatic carbocycles. The summed E-state index contributed by atoms with van der Waals surface area (Å²) in [5.41, 5.74) is -0.218. The molecule has 3 heteroatoms. The van der Waals surface area contributed by atoms with Crippen molar-refractivity contribution in [2.24, 2.45) is 22.2 Å². The van der Waals surface area contributed by atoms with Crippen molar-refractivity contribution in [2.45, 2.75) is 94.6 Å². The molecular weight excluding hydrogens is 312 g/mol. The first-order valence-electron chi connectivity index (χ1n) is 9.49. The molecule has 3 nitrogen and oxygen atoms in total. The van der Waals surface area contributed by atoms with Gasteiger partial charge in [0.2, 0.25) is 0 Å². The SMILES string of the molecule is CC(C)COC(=O)OC(C)(C)CC(C)(C)/C=C\C(C)(C)CC(C)(C)C. The van der Waals surface area contributed by atoms with Crippen LogP contribution in [0.25, 0.3) is 0 Å². The average Bonchev–Trinajstić information content (AvgIpc) is 2.29. The van der Waals surface area contributed by atoms with Crippen LogP contribution < -0.4 is 0 Å². The molecule has 0 fully saturated rings. The summed E-state index contributed by atoms with van der Waals surface area (Å²) in [6.07, 6.45) is 5.85. The molecule has 0 bridgehead atoms. The Balaban J connectivity index is 4.81. The van der Waals surface area contributed by atoms with Crippen LogP contribution in [0.4, 0.5) is 4.79 Å². The first-order valence-corrected chi connectivity index (χ1v) is 9.49. The smallest absolute Gasteiger partial charge is 0.434 e. The Morgan fingerprint density at radius 2 is 1.28 bits per heavy atom. The van der Waals surface area contributed by atoms with Gasteiger partial charge in [-0.15, -0.1) is 0 Å². The topological polar surface area (TPSA) is 35.5 Å². The highest BCUT2D eigenvalue weighted by molar-refractivity contribution is 5.60. The maximum absolute atomic E-state index is 11.9. The molecule has 0 unspecified atom stereocenters. The molecule has 0 aromatic carbocycles. The monoisotopic (exact) mass is 354 g/mol. The second-order valence-corrected chi connectivity index (χ2v) is 11.0. The molecule has 0 spiro atoms. The molecule has 0 aromatic heterocycles. The zero-order valence-electron chi connectivity index (χ0n) is 18.6. The van der Waals surface area contributed by atoms with E-state index < -0.39 is 11.8 Å². The predicted octanol–water partition coefficient (Wildman–Crippen LogP) is 7.01. The van der Waals surface area contributed by atoms with Crippen LogP contribution in [0.5, 0.6) is 0 Å². The van der Waals surface area contributed by atoms with Crippen LogP contribution >= 0.6 is 0 Å². The first kappa shape index (κ1) is 24.0. The summed E-state index contributed by atoms with van der Waals surface area (Å²) >= 11 is 0. The fraction of sp³-hybridized carbons (Fsp3) is 0.864. The Kier molecular flexibility index (Phi) is 8.26. The highest BCUT2D eigenvalue weighted by Gasteiger charge is 2.32. The van der Waals surface area contributed by atoms with Crippen LogP contribution in [-0.2, 0) is 9.47 Å². The van der Waals surface area contributed by atoms with Gasteiger partial charge in [0.1, 0.15) is 5.60 Å². The van der Waals surface area contributed by atoms with E-state index in [-0.39, 0.29) is 10.8 Å². The Hall–Kier alpha value is -0.990. The molecule has 0 saturated carbocycles. The van der Waals surface area contributed by atoms with Gasteiger partial charge in [0, 0.05) is 0 Å². The van der Waals surface area contributed by atoms with E-state index in [1.165, 1.54) is 0 Å². The van der Waals surface area contributed by atoms with E-state index in [2.05, 4.69) is 60.6 Å². The average molecular weight is 355 g/mol. The molecule has 0 rings (SSSR count). The van der Waals surface area contributed by atoms with Gasteiger partial charge in [-0.05, 0) is 48.9 Å². The van der Waals surface area contributed by atoms with Gasteiger partial charge in [-0.2, -0.15) is 0 Å². The normalized spacial score (nSPS) is 14.2. The number of hydrogen-bond acceptors (Lipinski definition) is 3. The van der Waals surface area contributed by atoms with E-state index in [1.807, 2.05) is 27.7 Å². The number of carbonyl (C=O) groups excluding carboxylic acids is 1. The molecule has 0 atom stereocenters. The Morgan fingerprint density at radius 3 is 1.68 bits per heavy atom. The zero-order valence-corrected chi connectivity index (χ0v) is 18.6. The van der Waals surface area contributed by atoms with Gasteiger partial charge in [0.25, 0.3) is 0 Å². The van der Waals surface area contributed by atoms with Crippen LogP contribution in [0, 0.1) is 22.2 Å². The number of hydrogen-bond donors (Lipinski definition) is 0. The summed E-state index contributed by atoms with van der Waals surface area (Å²) in [5, 5.41) is 0. The van der Waals surface area contributed by atoms with Crippen LogP contribution in [0.2, 0.25) is 0 Å². The largest absolute Gasteiger partial charge is 0.508 e. The summed E-state index contributed by atoms with van der Waals surface area (Å²) in [6.45, 7) is 24.0. The minimum Gasteiger partial charge on any atom is -0.434 e. The summed E-state index contributed by atoms with van der Waals surface area (Å²) in [6, 6.07) is 0. The highest BCUT2D eigenvalue weighted by Crippen LogP contribution is 2.37. The third kappa shape index (κ3) is 12.9. The molecule has 0 aromatic rings. The van der Waals surface area contributed by atoms with Gasteiger partial charge < -0.3 is 9.47 Å². The maximum atomic E-state index is 11.9. The quantitative estimate of drug-likeness (QED) is 0.347. The second kappa shape index (κ2) is 8.60. The lowest BCUT2D eigenvalue weighted by atomic mass is 9.74. The standard InChI is InChI=1S/C22H42O3/c1-17(2)14-24-18(23)25-22(10,11)16-21(8,9)13-12-20(6,7)15-19(3,4)5/h12-13,17H,14-16H2,1-11H3/b13-12-. The molecule has 0 aliphatic heterocycles. The van der Waals surface area contributed by atoms with Crippen LogP contribution in [0.15, 0.2) is 12.2 Å². The fourth-order valence-electron chi connectivity index (χ4n) is 3.56. The molecule has 0 radical (unpaired) electrons. The second-order valence-electron chi connectivity index (χ2n) is 11.0. The van der Waals surface area contributed by atoms with Gasteiger partial charge in [-0.25, -0.2) is 4.79 Å². The number of allylic oxidation sites excluding steroid dienone is 2. The summed E-state index contributed by atoms with van der Waals surface area (Å²) in [5.74, 6) is 0.306. The molecule has 0 heterocycles. The van der Waals surface area contributed by atoms with Gasteiger partial charge in [0.15, 0.2) is 0 Å². The van der Waals surface area contributed by atoms with Gasteiger partial charge >= 0.3 is 6.16 Å². The lowest BCUT2D eigenvalue weighted by molar-refractivity contribution is -0.0347. The van der Waals surface area contributed by atoms with Crippen molar-refractivity contribution in [1.29, 1.82) is 0 Å². The molecule has 0 amide bonds. The molecule has 0 saturated heterocycles. The van der Waals surface area contributed by atoms with E-state index in [4.69, 9.17) is 9.47 Å². The molecule has 0 N–H and O–H groups in total. The molecular formula is C22H42O3. The van der Waals surface area contributed by atoms with Gasteiger partial charge in [-0.1, -0.05) is 74.5 Å². The van der Waals surface area contributed by atoms with Crippen molar-refractivity contribution in [1.82, 2.24) is 0 Å². The Morgan fingerprint density at radius 1 is 0.840 bits per heavy atom. The Bertz CT molecular complexity index is 448. The zero-order chi connectivity index (χ0) is 20.1. The third-order valence-electron chi connectivity index (χ3n) is 3.75. The lowest BCUT2D eigenvalue weighted by Crippen LogP contribution is -2.34. The molecule has 25 heavy (non-hydrogen) atoms. The fourth-order valence-corrected chi connectivity index (χ4v) is 3.56. The summed E-state index contributed by atoms with van der Waals surface area (Å²) in [7, 11) is 0. The van der Waals surface area contributed by atoms with E-state index in [1.54, 1.807) is 0 Å². The van der Waals surface area contributed by atoms with Crippen LogP contribution in [0.1, 0.15) is 89.0 Å². The van der Waals surface area contributed by atoms with Crippen LogP contribution in [0.3, 0.4) is 0 Å². The number of ether oxygens (including phenoxy) is 2. The summed E-state index contributed by atoms with van der Waals surface area (Å²) < 4.78 is 10.7. The molecule has 148 valence electrons. The molecule has 0 aliphatic rings. The number of rotatable bonds is 8. The summed E-state index contributed by atoms with van der Waals surface area (Å²) in [4.78, 5) is 11.9. The van der Waals surface area contributed by atoms with Crippen molar-refractivity contribution < 1.29 is 14.3 Å². The van der Waals surface area contributed by atoms with E-state index in [9.17, 15) is 4.79 Å². The third-order valence-corrected chi connectivity index (χ3v) is 3.75.